The van der Waals surface area contributed by atoms with E-state index in [0.29, 0.717) is 0 Å². The van der Waals surface area contributed by atoms with Crippen molar-refractivity contribution in [2.45, 2.75) is 39.0 Å². The Morgan fingerprint density at radius 1 is 0.900 bits per heavy atom. The molecule has 0 fully saturated rings. The molecule has 0 saturated heterocycles. The zero-order chi connectivity index (χ0) is 14.2. The van der Waals surface area contributed by atoms with Gasteiger partial charge in [-0.2, -0.15) is 0 Å². The predicted molar refractivity (Wildman–Crippen MR) is 89.7 cm³/mol. The summed E-state index contributed by atoms with van der Waals surface area (Å²) >= 11 is 6.25. The van der Waals surface area contributed by atoms with Crippen molar-refractivity contribution in [1.29, 1.82) is 0 Å². The van der Waals surface area contributed by atoms with Crippen molar-refractivity contribution in [1.82, 2.24) is 5.32 Å². The van der Waals surface area contributed by atoms with Crippen LogP contribution in [-0.2, 0) is 6.42 Å². The number of fused-ring (bicyclic) bond motifs is 1. The van der Waals surface area contributed by atoms with Crippen LogP contribution >= 0.6 is 11.6 Å². The summed E-state index contributed by atoms with van der Waals surface area (Å²) in [6.07, 6.45) is 6.17. The molecule has 0 unspecified atom stereocenters. The van der Waals surface area contributed by atoms with Crippen molar-refractivity contribution in [3.05, 3.63) is 47.0 Å². The molecular weight excluding hydrogens is 266 g/mol. The van der Waals surface area contributed by atoms with Crippen LogP contribution in [0.1, 0.15) is 38.2 Å². The van der Waals surface area contributed by atoms with E-state index in [4.69, 9.17) is 11.6 Å². The van der Waals surface area contributed by atoms with Crippen molar-refractivity contribution >= 4 is 22.4 Å². The van der Waals surface area contributed by atoms with Gasteiger partial charge in [-0.15, -0.1) is 0 Å². The Kier molecular flexibility index (Phi) is 6.35. The fourth-order valence-corrected chi connectivity index (χ4v) is 2.81. The molecule has 2 aromatic rings. The molecule has 0 aliphatic rings. The van der Waals surface area contributed by atoms with Crippen LogP contribution < -0.4 is 5.32 Å². The fraction of sp³-hybridized carbons (Fsp3) is 0.444. The van der Waals surface area contributed by atoms with Crippen LogP contribution in [0.5, 0.6) is 0 Å². The third kappa shape index (κ3) is 4.22. The summed E-state index contributed by atoms with van der Waals surface area (Å²) < 4.78 is 0. The first-order chi connectivity index (χ1) is 9.83. The van der Waals surface area contributed by atoms with Crippen LogP contribution in [0.2, 0.25) is 5.02 Å². The highest BCUT2D eigenvalue weighted by Gasteiger charge is 2.03. The second-order valence-electron chi connectivity index (χ2n) is 5.31. The van der Waals surface area contributed by atoms with Gasteiger partial charge in [-0.25, -0.2) is 0 Å². The largest absolute Gasteiger partial charge is 0.317 e. The highest BCUT2D eigenvalue weighted by Crippen LogP contribution is 2.27. The van der Waals surface area contributed by atoms with Gasteiger partial charge in [0.15, 0.2) is 0 Å². The summed E-state index contributed by atoms with van der Waals surface area (Å²) in [4.78, 5) is 0. The third-order valence-corrected chi connectivity index (χ3v) is 4.02. The second kappa shape index (κ2) is 8.28. The number of aryl methyl sites for hydroxylation is 1. The molecule has 0 heterocycles. The van der Waals surface area contributed by atoms with Crippen LogP contribution in [0, 0.1) is 0 Å². The predicted octanol–water partition coefficient (Wildman–Crippen LogP) is 5.21. The zero-order valence-electron chi connectivity index (χ0n) is 12.3. The number of unbranched alkanes of at least 4 members (excludes halogenated alkanes) is 2. The van der Waals surface area contributed by atoms with Crippen molar-refractivity contribution in [3.8, 4) is 0 Å². The molecule has 0 radical (unpaired) electrons. The lowest BCUT2D eigenvalue weighted by atomic mass is 9.99. The average molecular weight is 290 g/mol. The molecule has 0 atom stereocenters. The molecule has 0 bridgehead atoms. The Morgan fingerprint density at radius 2 is 1.70 bits per heavy atom. The first-order valence-electron chi connectivity index (χ1n) is 7.69. The van der Waals surface area contributed by atoms with Crippen molar-refractivity contribution in [3.63, 3.8) is 0 Å². The van der Waals surface area contributed by atoms with Crippen molar-refractivity contribution in [2.75, 3.05) is 13.1 Å². The van der Waals surface area contributed by atoms with E-state index < -0.39 is 0 Å². The lowest BCUT2D eigenvalue weighted by Crippen LogP contribution is -2.15. The van der Waals surface area contributed by atoms with Gasteiger partial charge in [-0.1, -0.05) is 55.3 Å². The van der Waals surface area contributed by atoms with Crippen LogP contribution in [0.15, 0.2) is 36.4 Å². The molecule has 0 aromatic heterocycles. The smallest absolute Gasteiger partial charge is 0.0484 e. The SMILES string of the molecule is CCCNCCCCCc1ccc(Cl)c2ccccc12. The summed E-state index contributed by atoms with van der Waals surface area (Å²) in [5, 5.41) is 6.79. The van der Waals surface area contributed by atoms with E-state index in [1.165, 1.54) is 42.0 Å². The lowest BCUT2D eigenvalue weighted by molar-refractivity contribution is 0.599. The van der Waals surface area contributed by atoms with E-state index in [0.717, 1.165) is 24.5 Å². The molecule has 0 amide bonds. The topological polar surface area (TPSA) is 12.0 Å². The van der Waals surface area contributed by atoms with Crippen LogP contribution in [-0.4, -0.2) is 13.1 Å². The second-order valence-corrected chi connectivity index (χ2v) is 5.72. The molecule has 2 heteroatoms. The van der Waals surface area contributed by atoms with E-state index in [2.05, 4.69) is 42.6 Å². The fourth-order valence-electron chi connectivity index (χ4n) is 2.59. The molecule has 20 heavy (non-hydrogen) atoms. The highest BCUT2D eigenvalue weighted by atomic mass is 35.5. The summed E-state index contributed by atoms with van der Waals surface area (Å²) in [5.41, 5.74) is 1.42. The first kappa shape index (κ1) is 15.3. The molecule has 1 nitrogen and oxygen atoms in total. The van der Waals surface area contributed by atoms with Crippen LogP contribution in [0.3, 0.4) is 0 Å². The van der Waals surface area contributed by atoms with Gasteiger partial charge in [0.2, 0.25) is 0 Å². The number of benzene rings is 2. The molecule has 0 aliphatic heterocycles. The van der Waals surface area contributed by atoms with E-state index >= 15 is 0 Å². The molecular formula is C18H24ClN. The Bertz CT molecular complexity index is 536. The standard InChI is InChI=1S/C18H24ClN/c1-2-13-20-14-7-3-4-8-15-11-12-18(19)17-10-6-5-9-16(15)17/h5-6,9-12,20H,2-4,7-8,13-14H2,1H3. The summed E-state index contributed by atoms with van der Waals surface area (Å²) in [5.74, 6) is 0. The van der Waals surface area contributed by atoms with Gasteiger partial charge < -0.3 is 5.32 Å². The number of hydrogen-bond donors (Lipinski definition) is 1. The minimum absolute atomic E-state index is 0.855. The maximum atomic E-state index is 6.25. The lowest BCUT2D eigenvalue weighted by Gasteiger charge is -2.08. The molecule has 0 spiro atoms. The number of rotatable bonds is 8. The van der Waals surface area contributed by atoms with Gasteiger partial charge in [-0.3, -0.25) is 0 Å². The van der Waals surface area contributed by atoms with Crippen molar-refractivity contribution in [2.24, 2.45) is 0 Å². The number of halogens is 1. The summed E-state index contributed by atoms with van der Waals surface area (Å²) in [7, 11) is 0. The minimum Gasteiger partial charge on any atom is -0.317 e. The molecule has 108 valence electrons. The van der Waals surface area contributed by atoms with Gasteiger partial charge in [-0.05, 0) is 55.8 Å². The average Bonchev–Trinajstić information content (AvgIpc) is 2.49. The Morgan fingerprint density at radius 3 is 2.50 bits per heavy atom. The molecule has 1 N–H and O–H groups in total. The minimum atomic E-state index is 0.855. The van der Waals surface area contributed by atoms with Crippen LogP contribution in [0.4, 0.5) is 0 Å². The number of nitrogens with one attached hydrogen (secondary N) is 1. The maximum absolute atomic E-state index is 6.25. The van der Waals surface area contributed by atoms with Crippen molar-refractivity contribution < 1.29 is 0 Å². The van der Waals surface area contributed by atoms with Gasteiger partial charge in [0.1, 0.15) is 0 Å². The van der Waals surface area contributed by atoms with Gasteiger partial charge in [0.05, 0.1) is 0 Å². The Balaban J connectivity index is 1.86. The van der Waals surface area contributed by atoms with Gasteiger partial charge >= 0.3 is 0 Å². The maximum Gasteiger partial charge on any atom is 0.0484 e. The van der Waals surface area contributed by atoms with E-state index in [9.17, 15) is 0 Å². The number of hydrogen-bond acceptors (Lipinski definition) is 1. The molecule has 0 saturated carbocycles. The third-order valence-electron chi connectivity index (χ3n) is 3.69. The summed E-state index contributed by atoms with van der Waals surface area (Å²) in [6.45, 7) is 4.50. The van der Waals surface area contributed by atoms with E-state index in [-0.39, 0.29) is 0 Å². The van der Waals surface area contributed by atoms with Crippen LogP contribution in [0.25, 0.3) is 10.8 Å². The van der Waals surface area contributed by atoms with E-state index in [1.54, 1.807) is 0 Å². The quantitative estimate of drug-likeness (QED) is 0.658. The monoisotopic (exact) mass is 289 g/mol. The molecule has 2 aromatic carbocycles. The van der Waals surface area contributed by atoms with Gasteiger partial charge in [0.25, 0.3) is 0 Å². The summed E-state index contributed by atoms with van der Waals surface area (Å²) in [6, 6.07) is 12.6. The Hall–Kier alpha value is -1.05. The zero-order valence-corrected chi connectivity index (χ0v) is 13.0. The molecule has 0 aliphatic carbocycles. The first-order valence-corrected chi connectivity index (χ1v) is 8.07. The normalized spacial score (nSPS) is 11.1. The highest BCUT2D eigenvalue weighted by molar-refractivity contribution is 6.35. The van der Waals surface area contributed by atoms with Gasteiger partial charge in [0, 0.05) is 10.4 Å². The Labute approximate surface area is 127 Å². The molecule has 2 rings (SSSR count). The van der Waals surface area contributed by atoms with E-state index in [1.807, 2.05) is 6.07 Å².